The lowest BCUT2D eigenvalue weighted by molar-refractivity contribution is -0.119. The molecule has 1 heterocycles. The van der Waals surface area contributed by atoms with Crippen LogP contribution in [0, 0.1) is 0 Å². The van der Waals surface area contributed by atoms with Gasteiger partial charge in [-0.15, -0.1) is 0 Å². The van der Waals surface area contributed by atoms with Gasteiger partial charge < -0.3 is 20.6 Å². The molecule has 21 heavy (non-hydrogen) atoms. The molecular formula is C16H25N3O2. The summed E-state index contributed by atoms with van der Waals surface area (Å²) in [4.78, 5) is 13.6. The molecule has 2 rings (SSSR count). The third kappa shape index (κ3) is 4.11. The zero-order chi connectivity index (χ0) is 15.2. The number of amides is 1. The van der Waals surface area contributed by atoms with Gasteiger partial charge in [0.2, 0.25) is 5.91 Å². The first-order valence-electron chi connectivity index (χ1n) is 7.69. The van der Waals surface area contributed by atoms with Gasteiger partial charge in [-0.3, -0.25) is 4.79 Å². The molecule has 1 aromatic rings. The Bertz CT molecular complexity index is 490. The molecular weight excluding hydrogens is 266 g/mol. The van der Waals surface area contributed by atoms with Gasteiger partial charge in [-0.2, -0.15) is 0 Å². The van der Waals surface area contributed by atoms with Crippen molar-refractivity contribution in [3.8, 4) is 5.75 Å². The van der Waals surface area contributed by atoms with Crippen molar-refractivity contribution in [1.82, 2.24) is 10.6 Å². The first-order valence-corrected chi connectivity index (χ1v) is 7.69. The van der Waals surface area contributed by atoms with Gasteiger partial charge in [-0.25, -0.2) is 0 Å². The molecule has 5 nitrogen and oxygen atoms in total. The highest BCUT2D eigenvalue weighted by Crippen LogP contribution is 2.29. The van der Waals surface area contributed by atoms with Gasteiger partial charge >= 0.3 is 0 Å². The standard InChI is InChI=1S/C16H25N3O2/c1-3-7-17-12(2)14-6-5-13(10-15(14)20)19-9-4-8-18-16(21)11-19/h5-6,10,12,17,20H,3-4,7-9,11H2,1-2H3,(H,18,21). The van der Waals surface area contributed by atoms with Gasteiger partial charge in [0.15, 0.2) is 0 Å². The summed E-state index contributed by atoms with van der Waals surface area (Å²) in [5, 5.41) is 16.5. The average molecular weight is 291 g/mol. The number of benzene rings is 1. The van der Waals surface area contributed by atoms with E-state index < -0.39 is 0 Å². The topological polar surface area (TPSA) is 64.6 Å². The summed E-state index contributed by atoms with van der Waals surface area (Å²) in [6.07, 6.45) is 1.98. The van der Waals surface area contributed by atoms with Crippen LogP contribution in [0.1, 0.15) is 38.3 Å². The molecule has 3 N–H and O–H groups in total. The summed E-state index contributed by atoms with van der Waals surface area (Å²) >= 11 is 0. The molecule has 0 aromatic heterocycles. The second-order valence-electron chi connectivity index (χ2n) is 5.54. The molecule has 1 fully saturated rings. The Morgan fingerprint density at radius 1 is 1.48 bits per heavy atom. The number of nitrogens with one attached hydrogen (secondary N) is 2. The highest BCUT2D eigenvalue weighted by Gasteiger charge is 2.17. The van der Waals surface area contributed by atoms with Crippen LogP contribution in [0.2, 0.25) is 0 Å². The monoisotopic (exact) mass is 291 g/mol. The molecule has 0 radical (unpaired) electrons. The number of phenols is 1. The fourth-order valence-corrected chi connectivity index (χ4v) is 2.59. The number of phenolic OH excluding ortho intramolecular Hbond substituents is 1. The molecule has 1 aliphatic heterocycles. The Hall–Kier alpha value is -1.75. The van der Waals surface area contributed by atoms with Crippen LogP contribution in [0.25, 0.3) is 0 Å². The van der Waals surface area contributed by atoms with Gasteiger partial charge in [0.1, 0.15) is 5.75 Å². The minimum absolute atomic E-state index is 0.0362. The number of carbonyl (C=O) groups is 1. The predicted molar refractivity (Wildman–Crippen MR) is 84.7 cm³/mol. The van der Waals surface area contributed by atoms with E-state index in [1.165, 1.54) is 0 Å². The first kappa shape index (κ1) is 15.6. The van der Waals surface area contributed by atoms with Gasteiger partial charge in [-0.05, 0) is 32.4 Å². The number of carbonyl (C=O) groups excluding carboxylic acids is 1. The molecule has 1 amide bonds. The summed E-state index contributed by atoms with van der Waals surface area (Å²) in [6, 6.07) is 5.81. The maximum Gasteiger partial charge on any atom is 0.239 e. The third-order valence-corrected chi connectivity index (χ3v) is 3.81. The number of aromatic hydroxyl groups is 1. The summed E-state index contributed by atoms with van der Waals surface area (Å²) in [6.45, 7) is 6.98. The zero-order valence-electron chi connectivity index (χ0n) is 12.9. The fourth-order valence-electron chi connectivity index (χ4n) is 2.59. The third-order valence-electron chi connectivity index (χ3n) is 3.81. The van der Waals surface area contributed by atoms with Crippen LogP contribution in [-0.2, 0) is 4.79 Å². The molecule has 1 saturated heterocycles. The molecule has 116 valence electrons. The first-order chi connectivity index (χ1) is 10.1. The molecule has 1 atom stereocenters. The molecule has 1 aliphatic rings. The second kappa shape index (κ2) is 7.31. The van der Waals surface area contributed by atoms with Crippen molar-refractivity contribution in [1.29, 1.82) is 0 Å². The van der Waals surface area contributed by atoms with Crippen molar-refractivity contribution in [2.45, 2.75) is 32.7 Å². The van der Waals surface area contributed by atoms with Crippen molar-refractivity contribution in [2.24, 2.45) is 0 Å². The average Bonchev–Trinajstić information content (AvgIpc) is 2.69. The lowest BCUT2D eigenvalue weighted by Gasteiger charge is -2.23. The van der Waals surface area contributed by atoms with Gasteiger partial charge in [0.25, 0.3) is 0 Å². The van der Waals surface area contributed by atoms with Gasteiger partial charge in [-0.1, -0.05) is 13.0 Å². The Kier molecular flexibility index (Phi) is 5.44. The van der Waals surface area contributed by atoms with Crippen molar-refractivity contribution in [3.63, 3.8) is 0 Å². The van der Waals surface area contributed by atoms with Crippen LogP contribution in [0.5, 0.6) is 5.75 Å². The van der Waals surface area contributed by atoms with E-state index in [-0.39, 0.29) is 17.7 Å². The summed E-state index contributed by atoms with van der Waals surface area (Å²) in [7, 11) is 0. The van der Waals surface area contributed by atoms with Crippen molar-refractivity contribution >= 4 is 11.6 Å². The van der Waals surface area contributed by atoms with Gasteiger partial charge in [0.05, 0.1) is 6.54 Å². The van der Waals surface area contributed by atoms with Crippen LogP contribution >= 0.6 is 0 Å². The predicted octanol–water partition coefficient (Wildman–Crippen LogP) is 1.78. The van der Waals surface area contributed by atoms with Gasteiger partial charge in [0, 0.05) is 36.4 Å². The summed E-state index contributed by atoms with van der Waals surface area (Å²) in [5.41, 5.74) is 1.79. The van der Waals surface area contributed by atoms with E-state index in [4.69, 9.17) is 0 Å². The molecule has 0 aliphatic carbocycles. The molecule has 1 unspecified atom stereocenters. The van der Waals surface area contributed by atoms with Crippen molar-refractivity contribution < 1.29 is 9.90 Å². The number of hydrogen-bond acceptors (Lipinski definition) is 4. The van der Waals surface area contributed by atoms with E-state index in [0.717, 1.165) is 43.7 Å². The Balaban J connectivity index is 2.12. The molecule has 0 bridgehead atoms. The number of rotatable bonds is 5. The summed E-state index contributed by atoms with van der Waals surface area (Å²) < 4.78 is 0. The normalized spacial score (nSPS) is 17.2. The van der Waals surface area contributed by atoms with E-state index in [9.17, 15) is 9.90 Å². The number of hydrogen-bond donors (Lipinski definition) is 3. The molecule has 0 spiro atoms. The van der Waals surface area contributed by atoms with Crippen molar-refractivity contribution in [3.05, 3.63) is 23.8 Å². The quantitative estimate of drug-likeness (QED) is 0.774. The van der Waals surface area contributed by atoms with Crippen molar-refractivity contribution in [2.75, 3.05) is 31.1 Å². The minimum atomic E-state index is 0.0362. The highest BCUT2D eigenvalue weighted by atomic mass is 16.3. The molecule has 0 saturated carbocycles. The second-order valence-corrected chi connectivity index (χ2v) is 5.54. The Morgan fingerprint density at radius 3 is 3.00 bits per heavy atom. The Labute approximate surface area is 126 Å². The van der Waals surface area contributed by atoms with Crippen LogP contribution in [0.3, 0.4) is 0 Å². The van der Waals surface area contributed by atoms with E-state index in [1.54, 1.807) is 6.07 Å². The smallest absolute Gasteiger partial charge is 0.239 e. The highest BCUT2D eigenvalue weighted by molar-refractivity contribution is 5.81. The zero-order valence-corrected chi connectivity index (χ0v) is 12.9. The lowest BCUT2D eigenvalue weighted by atomic mass is 10.1. The largest absolute Gasteiger partial charge is 0.508 e. The maximum absolute atomic E-state index is 11.6. The minimum Gasteiger partial charge on any atom is -0.508 e. The lowest BCUT2D eigenvalue weighted by Crippen LogP contribution is -2.33. The van der Waals surface area contributed by atoms with E-state index in [0.29, 0.717) is 6.54 Å². The van der Waals surface area contributed by atoms with Crippen LogP contribution < -0.4 is 15.5 Å². The fraction of sp³-hybridized carbons (Fsp3) is 0.562. The Morgan fingerprint density at radius 2 is 2.29 bits per heavy atom. The maximum atomic E-state index is 11.6. The molecule has 5 heteroatoms. The van der Waals surface area contributed by atoms with Crippen LogP contribution in [-0.4, -0.2) is 37.2 Å². The summed E-state index contributed by atoms with van der Waals surface area (Å²) in [5.74, 6) is 0.322. The number of nitrogens with zero attached hydrogens (tertiary/aromatic N) is 1. The SMILES string of the molecule is CCCNC(C)c1ccc(N2CCCNC(=O)C2)cc1O. The number of anilines is 1. The van der Waals surface area contributed by atoms with Crippen LogP contribution in [0.15, 0.2) is 18.2 Å². The molecule has 1 aromatic carbocycles. The van der Waals surface area contributed by atoms with E-state index >= 15 is 0 Å². The van der Waals surface area contributed by atoms with E-state index in [2.05, 4.69) is 17.6 Å². The van der Waals surface area contributed by atoms with E-state index in [1.807, 2.05) is 24.0 Å². The van der Waals surface area contributed by atoms with Crippen LogP contribution in [0.4, 0.5) is 5.69 Å².